The molecule has 7 nitrogen and oxygen atoms in total. The van der Waals surface area contributed by atoms with Gasteiger partial charge >= 0.3 is 0 Å². The predicted octanol–water partition coefficient (Wildman–Crippen LogP) is 0.760. The molecular weight excluding hydrogens is 294 g/mol. The van der Waals surface area contributed by atoms with Gasteiger partial charge in [-0.1, -0.05) is 0 Å². The molecule has 21 heavy (non-hydrogen) atoms. The second-order valence-electron chi connectivity index (χ2n) is 5.37. The third kappa shape index (κ3) is 3.01. The maximum Gasteiger partial charge on any atom is 0.240 e. The predicted molar refractivity (Wildman–Crippen MR) is 75.8 cm³/mol. The van der Waals surface area contributed by atoms with Gasteiger partial charge in [0.25, 0.3) is 0 Å². The first-order valence-electron chi connectivity index (χ1n) is 6.92. The van der Waals surface area contributed by atoms with Crippen LogP contribution in [0.5, 0.6) is 0 Å². The van der Waals surface area contributed by atoms with Crippen molar-refractivity contribution in [1.29, 1.82) is 5.26 Å². The molecule has 114 valence electrons. The van der Waals surface area contributed by atoms with Gasteiger partial charge in [0, 0.05) is 20.0 Å². The Labute approximate surface area is 129 Å². The molecule has 3 heterocycles. The summed E-state index contributed by atoms with van der Waals surface area (Å²) in [6, 6.07) is 1.68. The Bertz CT molecular complexity index is 555. The van der Waals surface area contributed by atoms with E-state index in [9.17, 15) is 4.79 Å². The lowest BCUT2D eigenvalue weighted by molar-refractivity contribution is -0.133. The second-order valence-corrected chi connectivity index (χ2v) is 5.37. The van der Waals surface area contributed by atoms with Gasteiger partial charge in [-0.3, -0.25) is 4.79 Å². The number of carbonyl (C=O) groups excluding carboxylic acids is 1. The first-order valence-corrected chi connectivity index (χ1v) is 6.92. The first-order chi connectivity index (χ1) is 9.69. The van der Waals surface area contributed by atoms with E-state index in [1.165, 1.54) is 0 Å². The number of halogens is 1. The fourth-order valence-corrected chi connectivity index (χ4v) is 2.95. The summed E-state index contributed by atoms with van der Waals surface area (Å²) < 4.78 is 5.42. The third-order valence-corrected chi connectivity index (χ3v) is 4.00. The molecule has 1 unspecified atom stereocenters. The number of nitriles is 1. The number of aryl methyl sites for hydroxylation is 1. The molecular formula is C13H18ClN5O2. The van der Waals surface area contributed by atoms with E-state index in [1.807, 2.05) is 0 Å². The summed E-state index contributed by atoms with van der Waals surface area (Å²) in [6.45, 7) is 3.09. The average molecular weight is 312 g/mol. The Kier molecular flexibility index (Phi) is 4.80. The Hall–Kier alpha value is -1.65. The zero-order valence-corrected chi connectivity index (χ0v) is 12.6. The molecule has 1 N–H and O–H groups in total. The van der Waals surface area contributed by atoms with Crippen molar-refractivity contribution in [3.05, 3.63) is 11.8 Å². The standard InChI is InChI=1S/C13H17N5O2.ClH/c1-8-16-17-12(20-8)9-5-11(15-7-9)13(19)18-4-2-3-10(18)6-14;/h9-11,15H,2-5,7H2,1H3;1H/t9-,10?,11-;/m0./s1. The van der Waals surface area contributed by atoms with Gasteiger partial charge < -0.3 is 14.6 Å². The monoisotopic (exact) mass is 311 g/mol. The van der Waals surface area contributed by atoms with Gasteiger partial charge in [-0.25, -0.2) is 0 Å². The van der Waals surface area contributed by atoms with Crippen molar-refractivity contribution in [3.8, 4) is 6.07 Å². The first kappa shape index (κ1) is 15.7. The van der Waals surface area contributed by atoms with Crippen LogP contribution in [0.2, 0.25) is 0 Å². The van der Waals surface area contributed by atoms with Crippen LogP contribution in [0.1, 0.15) is 37.0 Å². The maximum atomic E-state index is 12.4. The highest BCUT2D eigenvalue weighted by Gasteiger charge is 2.38. The summed E-state index contributed by atoms with van der Waals surface area (Å²) in [5.74, 6) is 1.23. The molecule has 2 aliphatic heterocycles. The van der Waals surface area contributed by atoms with Gasteiger partial charge in [-0.2, -0.15) is 5.26 Å². The quantitative estimate of drug-likeness (QED) is 0.866. The van der Waals surface area contributed by atoms with E-state index in [0.717, 1.165) is 12.8 Å². The number of nitrogens with one attached hydrogen (secondary N) is 1. The molecule has 1 aromatic rings. The van der Waals surface area contributed by atoms with E-state index >= 15 is 0 Å². The van der Waals surface area contributed by atoms with E-state index in [2.05, 4.69) is 21.6 Å². The SMILES string of the molecule is Cc1nnc([C@@H]2CN[C@H](C(=O)N3CCCC3C#N)C2)o1.Cl. The molecule has 8 heteroatoms. The van der Waals surface area contributed by atoms with Gasteiger partial charge in [0.15, 0.2) is 0 Å². The van der Waals surface area contributed by atoms with Crippen LogP contribution in [0.4, 0.5) is 0 Å². The minimum atomic E-state index is -0.269. The van der Waals surface area contributed by atoms with Gasteiger partial charge in [-0.05, 0) is 19.3 Å². The highest BCUT2D eigenvalue weighted by molar-refractivity contribution is 5.85. The van der Waals surface area contributed by atoms with Gasteiger partial charge in [0.05, 0.1) is 18.0 Å². The van der Waals surface area contributed by atoms with Gasteiger partial charge in [0.2, 0.25) is 17.7 Å². The van der Waals surface area contributed by atoms with Crippen molar-refractivity contribution < 1.29 is 9.21 Å². The van der Waals surface area contributed by atoms with Crippen LogP contribution >= 0.6 is 12.4 Å². The van der Waals surface area contributed by atoms with Crippen LogP contribution in [-0.2, 0) is 4.79 Å². The normalized spacial score (nSPS) is 28.2. The second kappa shape index (κ2) is 6.41. The number of hydrogen-bond donors (Lipinski definition) is 1. The van der Waals surface area contributed by atoms with Crippen molar-refractivity contribution in [2.75, 3.05) is 13.1 Å². The molecule has 2 saturated heterocycles. The highest BCUT2D eigenvalue weighted by Crippen LogP contribution is 2.27. The maximum absolute atomic E-state index is 12.4. The van der Waals surface area contributed by atoms with Crippen molar-refractivity contribution >= 4 is 18.3 Å². The van der Waals surface area contributed by atoms with E-state index in [0.29, 0.717) is 31.3 Å². The Morgan fingerprint density at radius 1 is 1.52 bits per heavy atom. The van der Waals surface area contributed by atoms with E-state index in [-0.39, 0.29) is 36.3 Å². The van der Waals surface area contributed by atoms with Crippen LogP contribution in [0.15, 0.2) is 4.42 Å². The van der Waals surface area contributed by atoms with Gasteiger partial charge in [0.1, 0.15) is 6.04 Å². The van der Waals surface area contributed by atoms with Crippen LogP contribution in [0.3, 0.4) is 0 Å². The van der Waals surface area contributed by atoms with E-state index in [1.54, 1.807) is 11.8 Å². The molecule has 0 aliphatic carbocycles. The van der Waals surface area contributed by atoms with Crippen LogP contribution in [0.25, 0.3) is 0 Å². The van der Waals surface area contributed by atoms with Crippen molar-refractivity contribution in [3.63, 3.8) is 0 Å². The van der Waals surface area contributed by atoms with Crippen molar-refractivity contribution in [2.24, 2.45) is 0 Å². The lowest BCUT2D eigenvalue weighted by Crippen LogP contribution is -2.45. The summed E-state index contributed by atoms with van der Waals surface area (Å²) in [7, 11) is 0. The molecule has 2 aliphatic rings. The molecule has 0 aromatic carbocycles. The minimum Gasteiger partial charge on any atom is -0.425 e. The van der Waals surface area contributed by atoms with Crippen LogP contribution < -0.4 is 5.32 Å². The number of hydrogen-bond acceptors (Lipinski definition) is 6. The lowest BCUT2D eigenvalue weighted by Gasteiger charge is -2.23. The molecule has 3 atom stereocenters. The molecule has 0 radical (unpaired) electrons. The highest BCUT2D eigenvalue weighted by atomic mass is 35.5. The molecule has 1 amide bonds. The topological polar surface area (TPSA) is 95.0 Å². The summed E-state index contributed by atoms with van der Waals surface area (Å²) in [4.78, 5) is 14.1. The molecule has 2 fully saturated rings. The zero-order chi connectivity index (χ0) is 14.1. The largest absolute Gasteiger partial charge is 0.425 e. The summed E-state index contributed by atoms with van der Waals surface area (Å²) >= 11 is 0. The molecule has 0 spiro atoms. The molecule has 3 rings (SSSR count). The number of rotatable bonds is 2. The molecule has 0 saturated carbocycles. The van der Waals surface area contributed by atoms with E-state index in [4.69, 9.17) is 9.68 Å². The Morgan fingerprint density at radius 3 is 3.00 bits per heavy atom. The van der Waals surface area contributed by atoms with Crippen molar-refractivity contribution in [1.82, 2.24) is 20.4 Å². The fourth-order valence-electron chi connectivity index (χ4n) is 2.95. The summed E-state index contributed by atoms with van der Waals surface area (Å²) in [6.07, 6.45) is 2.33. The molecule has 0 bridgehead atoms. The lowest BCUT2D eigenvalue weighted by atomic mass is 10.0. The van der Waals surface area contributed by atoms with E-state index < -0.39 is 0 Å². The van der Waals surface area contributed by atoms with Crippen molar-refractivity contribution in [2.45, 2.75) is 44.2 Å². The fraction of sp³-hybridized carbons (Fsp3) is 0.692. The number of likely N-dealkylation sites (tertiary alicyclic amines) is 1. The summed E-state index contributed by atoms with van der Waals surface area (Å²) in [5.41, 5.74) is 0. The minimum absolute atomic E-state index is 0. The van der Waals surface area contributed by atoms with Crippen LogP contribution in [0, 0.1) is 18.3 Å². The van der Waals surface area contributed by atoms with Crippen LogP contribution in [-0.4, -0.2) is 46.2 Å². The molecule has 1 aromatic heterocycles. The van der Waals surface area contributed by atoms with Gasteiger partial charge in [-0.15, -0.1) is 22.6 Å². The summed E-state index contributed by atoms with van der Waals surface area (Å²) in [5, 5.41) is 20.1. The smallest absolute Gasteiger partial charge is 0.240 e. The number of carbonyl (C=O) groups is 1. The number of nitrogens with zero attached hydrogens (tertiary/aromatic N) is 4. The Morgan fingerprint density at radius 2 is 2.33 bits per heavy atom. The number of aromatic nitrogens is 2. The third-order valence-electron chi connectivity index (χ3n) is 4.00. The Balaban J connectivity index is 0.00000161. The number of amides is 1. The average Bonchev–Trinajstić information content (AvgIpc) is 3.17. The zero-order valence-electron chi connectivity index (χ0n) is 11.8.